The summed E-state index contributed by atoms with van der Waals surface area (Å²) < 4.78 is 16.8. The largest absolute Gasteiger partial charge is 0.493 e. The van der Waals surface area contributed by atoms with Crippen LogP contribution in [0.1, 0.15) is 27.0 Å². The molecule has 4 rings (SSSR count). The molecule has 6 nitrogen and oxygen atoms in total. The van der Waals surface area contributed by atoms with E-state index < -0.39 is 0 Å². The Hall–Kier alpha value is -2.28. The predicted molar refractivity (Wildman–Crippen MR) is 128 cm³/mol. The molecule has 0 bridgehead atoms. The number of carbonyl (C=O) groups excluding carboxylic acids is 1. The monoisotopic (exact) mass is 460 g/mol. The number of ether oxygens (including phenoxy) is 3. The minimum atomic E-state index is -0.0829. The predicted octanol–water partition coefficient (Wildman–Crippen LogP) is 3.55. The molecule has 0 spiro atoms. The molecule has 1 aliphatic carbocycles. The molecule has 2 aliphatic rings. The van der Waals surface area contributed by atoms with Crippen molar-refractivity contribution in [2.45, 2.75) is 26.3 Å². The number of aryl methyl sites for hydroxylation is 2. The van der Waals surface area contributed by atoms with Gasteiger partial charge in [-0.25, -0.2) is 0 Å². The molecule has 0 radical (unpaired) electrons. The van der Waals surface area contributed by atoms with Gasteiger partial charge in [0.1, 0.15) is 12.4 Å². The lowest BCUT2D eigenvalue weighted by molar-refractivity contribution is 0.0667. The Bertz CT molecular complexity index is 957. The SMILES string of the molecule is COc1cc2c(cc1OC)C(=O)C(N1CCN(CCOc3ccc(C)cc3C)CC1)C2.Cl. The van der Waals surface area contributed by atoms with E-state index in [2.05, 4.69) is 41.8 Å². The first-order valence-corrected chi connectivity index (χ1v) is 11.0. The van der Waals surface area contributed by atoms with E-state index in [0.717, 1.165) is 56.0 Å². The Kier molecular flexibility index (Phi) is 8.04. The lowest BCUT2D eigenvalue weighted by atomic mass is 10.1. The highest BCUT2D eigenvalue weighted by Crippen LogP contribution is 2.36. The molecule has 174 valence electrons. The normalized spacial score (nSPS) is 18.8. The Morgan fingerprint density at radius 1 is 0.938 bits per heavy atom. The van der Waals surface area contributed by atoms with E-state index in [1.807, 2.05) is 12.1 Å². The number of hydrogen-bond donors (Lipinski definition) is 0. The maximum absolute atomic E-state index is 13.1. The summed E-state index contributed by atoms with van der Waals surface area (Å²) in [5.41, 5.74) is 4.25. The van der Waals surface area contributed by atoms with Crippen molar-refractivity contribution in [1.29, 1.82) is 0 Å². The highest BCUT2D eigenvalue weighted by atomic mass is 35.5. The summed E-state index contributed by atoms with van der Waals surface area (Å²) in [6.07, 6.45) is 0.740. The minimum absolute atomic E-state index is 0. The van der Waals surface area contributed by atoms with Crippen molar-refractivity contribution in [1.82, 2.24) is 9.80 Å². The van der Waals surface area contributed by atoms with Crippen molar-refractivity contribution in [3.05, 3.63) is 52.6 Å². The standard InChI is InChI=1S/C25H32N2O4.ClH/c1-17-5-6-22(18(2)13-17)31-12-11-26-7-9-27(10-8-26)21-14-19-15-23(29-3)24(30-4)16-20(19)25(21)28;/h5-6,13,15-16,21H,7-12,14H2,1-4H3;1H. The molecule has 1 unspecified atom stereocenters. The van der Waals surface area contributed by atoms with E-state index >= 15 is 0 Å². The molecule has 1 aliphatic heterocycles. The second-order valence-corrected chi connectivity index (χ2v) is 8.44. The molecule has 1 saturated heterocycles. The highest BCUT2D eigenvalue weighted by molar-refractivity contribution is 6.05. The van der Waals surface area contributed by atoms with Crippen LogP contribution >= 0.6 is 12.4 Å². The number of carbonyl (C=O) groups is 1. The number of halogens is 1. The number of methoxy groups -OCH3 is 2. The number of fused-ring (bicyclic) bond motifs is 1. The minimum Gasteiger partial charge on any atom is -0.493 e. The number of ketones is 1. The second kappa shape index (κ2) is 10.6. The van der Waals surface area contributed by atoms with Crippen molar-refractivity contribution < 1.29 is 19.0 Å². The third-order valence-electron chi connectivity index (χ3n) is 6.43. The Morgan fingerprint density at radius 3 is 2.28 bits per heavy atom. The average Bonchev–Trinajstić information content (AvgIpc) is 3.10. The average molecular weight is 461 g/mol. The lowest BCUT2D eigenvalue weighted by Crippen LogP contribution is -2.52. The molecule has 1 atom stereocenters. The summed E-state index contributed by atoms with van der Waals surface area (Å²) in [4.78, 5) is 17.8. The summed E-state index contributed by atoms with van der Waals surface area (Å²) >= 11 is 0. The molecule has 0 amide bonds. The van der Waals surface area contributed by atoms with Gasteiger partial charge >= 0.3 is 0 Å². The molecule has 32 heavy (non-hydrogen) atoms. The molecule has 2 aromatic rings. The van der Waals surface area contributed by atoms with Gasteiger partial charge in [-0.1, -0.05) is 17.7 Å². The van der Waals surface area contributed by atoms with Gasteiger partial charge in [0, 0.05) is 38.3 Å². The van der Waals surface area contributed by atoms with Crippen LogP contribution in [0.25, 0.3) is 0 Å². The summed E-state index contributed by atoms with van der Waals surface area (Å²) in [5.74, 6) is 2.46. The van der Waals surface area contributed by atoms with Crippen LogP contribution in [0, 0.1) is 13.8 Å². The first-order valence-electron chi connectivity index (χ1n) is 11.0. The summed E-state index contributed by atoms with van der Waals surface area (Å²) in [6, 6.07) is 9.99. The van der Waals surface area contributed by atoms with Gasteiger partial charge in [0.25, 0.3) is 0 Å². The highest BCUT2D eigenvalue weighted by Gasteiger charge is 2.37. The van der Waals surface area contributed by atoms with Crippen molar-refractivity contribution in [2.75, 3.05) is 53.6 Å². The Labute approximate surface area is 196 Å². The third-order valence-corrected chi connectivity index (χ3v) is 6.43. The van der Waals surface area contributed by atoms with Gasteiger partial charge in [0.15, 0.2) is 17.3 Å². The summed E-state index contributed by atoms with van der Waals surface area (Å²) in [6.45, 7) is 9.43. The zero-order chi connectivity index (χ0) is 22.0. The van der Waals surface area contributed by atoms with E-state index in [0.29, 0.717) is 18.1 Å². The molecule has 2 aromatic carbocycles. The molecule has 1 fully saturated rings. The van der Waals surface area contributed by atoms with Crippen LogP contribution in [0.2, 0.25) is 0 Å². The number of piperazine rings is 1. The first-order chi connectivity index (χ1) is 15.0. The molecule has 0 aromatic heterocycles. The van der Waals surface area contributed by atoms with Crippen LogP contribution in [-0.4, -0.2) is 75.2 Å². The van der Waals surface area contributed by atoms with E-state index in [1.54, 1.807) is 14.2 Å². The van der Waals surface area contributed by atoms with Gasteiger partial charge in [-0.05, 0) is 49.6 Å². The van der Waals surface area contributed by atoms with Crippen LogP contribution in [0.4, 0.5) is 0 Å². The number of rotatable bonds is 7. The van der Waals surface area contributed by atoms with Crippen LogP contribution in [0.5, 0.6) is 17.2 Å². The van der Waals surface area contributed by atoms with E-state index in [-0.39, 0.29) is 24.2 Å². The second-order valence-electron chi connectivity index (χ2n) is 8.44. The topological polar surface area (TPSA) is 51.2 Å². The summed E-state index contributed by atoms with van der Waals surface area (Å²) in [7, 11) is 3.23. The molecular formula is C25H33ClN2O4. The van der Waals surface area contributed by atoms with Crippen molar-refractivity contribution in [2.24, 2.45) is 0 Å². The van der Waals surface area contributed by atoms with Crippen molar-refractivity contribution in [3.8, 4) is 17.2 Å². The Balaban J connectivity index is 0.00000289. The lowest BCUT2D eigenvalue weighted by Gasteiger charge is -2.37. The molecular weight excluding hydrogens is 428 g/mol. The van der Waals surface area contributed by atoms with Gasteiger partial charge in [-0.2, -0.15) is 0 Å². The molecule has 1 heterocycles. The number of nitrogens with zero attached hydrogens (tertiary/aromatic N) is 2. The smallest absolute Gasteiger partial charge is 0.180 e. The first kappa shape index (κ1) is 24.4. The fourth-order valence-electron chi connectivity index (χ4n) is 4.64. The van der Waals surface area contributed by atoms with Crippen LogP contribution < -0.4 is 14.2 Å². The fourth-order valence-corrected chi connectivity index (χ4v) is 4.64. The van der Waals surface area contributed by atoms with Gasteiger partial charge in [-0.15, -0.1) is 12.4 Å². The maximum atomic E-state index is 13.1. The third kappa shape index (κ3) is 5.03. The fraction of sp³-hybridized carbons (Fsp3) is 0.480. The molecule has 0 saturated carbocycles. The molecule has 7 heteroatoms. The van der Waals surface area contributed by atoms with E-state index in [4.69, 9.17) is 14.2 Å². The van der Waals surface area contributed by atoms with Gasteiger partial charge in [0.05, 0.1) is 20.3 Å². The Morgan fingerprint density at radius 2 is 1.62 bits per heavy atom. The van der Waals surface area contributed by atoms with E-state index in [1.165, 1.54) is 11.1 Å². The summed E-state index contributed by atoms with van der Waals surface area (Å²) in [5, 5.41) is 0. The van der Waals surface area contributed by atoms with Gasteiger partial charge in [0.2, 0.25) is 0 Å². The van der Waals surface area contributed by atoms with Gasteiger partial charge < -0.3 is 14.2 Å². The zero-order valence-corrected chi connectivity index (χ0v) is 20.2. The van der Waals surface area contributed by atoms with Crippen LogP contribution in [0.15, 0.2) is 30.3 Å². The van der Waals surface area contributed by atoms with Gasteiger partial charge in [-0.3, -0.25) is 14.6 Å². The van der Waals surface area contributed by atoms with Crippen molar-refractivity contribution >= 4 is 18.2 Å². The number of Topliss-reactive ketones (excluding diaryl/α,β-unsaturated/α-hetero) is 1. The zero-order valence-electron chi connectivity index (χ0n) is 19.3. The van der Waals surface area contributed by atoms with Crippen LogP contribution in [0.3, 0.4) is 0 Å². The number of hydrogen-bond acceptors (Lipinski definition) is 6. The van der Waals surface area contributed by atoms with E-state index in [9.17, 15) is 4.79 Å². The number of benzene rings is 2. The van der Waals surface area contributed by atoms with Crippen LogP contribution in [-0.2, 0) is 6.42 Å². The maximum Gasteiger partial charge on any atom is 0.180 e. The van der Waals surface area contributed by atoms with Crippen molar-refractivity contribution in [3.63, 3.8) is 0 Å². The molecule has 0 N–H and O–H groups in total. The quantitative estimate of drug-likeness (QED) is 0.630.